The minimum atomic E-state index is -1.65. The van der Waals surface area contributed by atoms with Crippen molar-refractivity contribution in [3.63, 3.8) is 0 Å². The average molecular weight is 242 g/mol. The third-order valence-electron chi connectivity index (χ3n) is 1.59. The molecule has 0 saturated carbocycles. The van der Waals surface area contributed by atoms with E-state index in [-0.39, 0.29) is 24.8 Å². The van der Waals surface area contributed by atoms with Crippen molar-refractivity contribution in [1.29, 1.82) is 0 Å². The summed E-state index contributed by atoms with van der Waals surface area (Å²) in [5.74, 6) is 0. The van der Waals surface area contributed by atoms with Crippen molar-refractivity contribution >= 4 is 53.7 Å². The van der Waals surface area contributed by atoms with Gasteiger partial charge in [-0.15, -0.1) is 47.0 Å². The van der Waals surface area contributed by atoms with E-state index in [0.29, 0.717) is 0 Å². The third kappa shape index (κ3) is 5.08. The molecule has 1 rings (SSSR count). The Bertz CT molecular complexity index is 77.7. The van der Waals surface area contributed by atoms with E-state index in [0.717, 1.165) is 12.1 Å². The molecule has 0 nitrogen and oxygen atoms in total. The van der Waals surface area contributed by atoms with Crippen LogP contribution in [0.3, 0.4) is 0 Å². The van der Waals surface area contributed by atoms with Gasteiger partial charge in [-0.3, -0.25) is 0 Å². The Hall–Kier alpha value is 1.38. The standard InChI is InChI=1S/C5H10Cl2Si.2ClH/c6-8(7)4-2-1-3-5-8;;/h1-5H2;2*1H. The third-order valence-corrected chi connectivity index (χ3v) is 6.02. The molecule has 0 radical (unpaired) electrons. The fraction of sp³-hybridized carbons (Fsp3) is 1.00. The van der Waals surface area contributed by atoms with Crippen LogP contribution in [0.15, 0.2) is 0 Å². The monoisotopic (exact) mass is 240 g/mol. The summed E-state index contributed by atoms with van der Waals surface area (Å²) >= 11 is 12.0. The topological polar surface area (TPSA) is 0 Å². The molecule has 0 amide bonds. The van der Waals surface area contributed by atoms with Crippen molar-refractivity contribution in [2.24, 2.45) is 0 Å². The zero-order valence-electron chi connectivity index (χ0n) is 5.61. The number of rotatable bonds is 0. The molecule has 1 saturated heterocycles. The molecular weight excluding hydrogens is 230 g/mol. The van der Waals surface area contributed by atoms with Crippen LogP contribution in [0.2, 0.25) is 12.1 Å². The van der Waals surface area contributed by atoms with Crippen LogP contribution in [-0.2, 0) is 0 Å². The molecule has 64 valence electrons. The van der Waals surface area contributed by atoms with E-state index in [4.69, 9.17) is 22.2 Å². The van der Waals surface area contributed by atoms with Gasteiger partial charge in [-0.1, -0.05) is 19.3 Å². The van der Waals surface area contributed by atoms with Gasteiger partial charge >= 0.3 is 0 Å². The molecule has 0 aromatic heterocycles. The summed E-state index contributed by atoms with van der Waals surface area (Å²) in [7, 11) is 0. The quantitative estimate of drug-likeness (QED) is 0.446. The smallest absolute Gasteiger partial charge is 0.147 e. The van der Waals surface area contributed by atoms with Crippen LogP contribution in [0.25, 0.3) is 0 Å². The van der Waals surface area contributed by atoms with Crippen molar-refractivity contribution in [1.82, 2.24) is 0 Å². The maximum Gasteiger partial charge on any atom is 0.251 e. The normalized spacial score (nSPS) is 22.2. The molecule has 0 spiro atoms. The summed E-state index contributed by atoms with van der Waals surface area (Å²) < 4.78 is 0. The van der Waals surface area contributed by atoms with Crippen LogP contribution in [-0.4, -0.2) is 6.69 Å². The highest BCUT2D eigenvalue weighted by Crippen LogP contribution is 2.34. The fourth-order valence-corrected chi connectivity index (χ4v) is 4.46. The Balaban J connectivity index is 0. The van der Waals surface area contributed by atoms with Gasteiger partial charge in [0.05, 0.1) is 0 Å². The van der Waals surface area contributed by atoms with E-state index in [9.17, 15) is 0 Å². The van der Waals surface area contributed by atoms with Gasteiger partial charge in [0, 0.05) is 0 Å². The Morgan fingerprint density at radius 2 is 1.20 bits per heavy atom. The summed E-state index contributed by atoms with van der Waals surface area (Å²) in [6.45, 7) is -1.65. The van der Waals surface area contributed by atoms with Crippen LogP contribution in [0.1, 0.15) is 19.3 Å². The number of hydrogen-bond donors (Lipinski definition) is 0. The fourth-order valence-electron chi connectivity index (χ4n) is 1.07. The molecule has 1 heterocycles. The van der Waals surface area contributed by atoms with Gasteiger partial charge in [-0.05, 0) is 12.1 Å². The first-order chi connectivity index (χ1) is 3.71. The summed E-state index contributed by atoms with van der Waals surface area (Å²) in [5, 5.41) is 0. The van der Waals surface area contributed by atoms with E-state index in [1.807, 2.05) is 0 Å². The second kappa shape index (κ2) is 5.96. The van der Waals surface area contributed by atoms with Crippen molar-refractivity contribution in [2.75, 3.05) is 0 Å². The molecule has 0 bridgehead atoms. The van der Waals surface area contributed by atoms with Crippen molar-refractivity contribution in [3.05, 3.63) is 0 Å². The number of hydrogen-bond acceptors (Lipinski definition) is 0. The van der Waals surface area contributed by atoms with E-state index in [1.165, 1.54) is 19.3 Å². The first kappa shape index (κ1) is 13.9. The molecule has 10 heavy (non-hydrogen) atoms. The molecule has 0 unspecified atom stereocenters. The van der Waals surface area contributed by atoms with E-state index in [1.54, 1.807) is 0 Å². The van der Waals surface area contributed by atoms with Gasteiger partial charge < -0.3 is 0 Å². The molecular formula is C5H12Cl4Si. The predicted molar refractivity (Wildman–Crippen MR) is 55.4 cm³/mol. The highest BCUT2D eigenvalue weighted by molar-refractivity contribution is 7.45. The van der Waals surface area contributed by atoms with E-state index in [2.05, 4.69) is 0 Å². The minimum absolute atomic E-state index is 0. The molecule has 0 atom stereocenters. The molecule has 0 N–H and O–H groups in total. The Morgan fingerprint density at radius 1 is 0.800 bits per heavy atom. The van der Waals surface area contributed by atoms with Crippen molar-refractivity contribution in [3.8, 4) is 0 Å². The number of halogens is 4. The van der Waals surface area contributed by atoms with Gasteiger partial charge in [0.1, 0.15) is 0 Å². The molecule has 0 aromatic carbocycles. The molecule has 1 aliphatic rings. The van der Waals surface area contributed by atoms with Gasteiger partial charge in [0.15, 0.2) is 0 Å². The maximum atomic E-state index is 5.98. The van der Waals surface area contributed by atoms with Crippen LogP contribution in [0.5, 0.6) is 0 Å². The van der Waals surface area contributed by atoms with E-state index < -0.39 is 6.69 Å². The Labute approximate surface area is 84.9 Å². The average Bonchev–Trinajstić information content (AvgIpc) is 1.65. The first-order valence-corrected chi connectivity index (χ1v) is 7.52. The SMILES string of the molecule is Cl.Cl.Cl[Si]1(Cl)CCCCC1. The summed E-state index contributed by atoms with van der Waals surface area (Å²) in [6, 6.07) is 2.24. The summed E-state index contributed by atoms with van der Waals surface area (Å²) in [5.41, 5.74) is 0. The second-order valence-electron chi connectivity index (χ2n) is 2.42. The highest BCUT2D eigenvalue weighted by atomic mass is 35.7. The molecule has 0 aliphatic carbocycles. The van der Waals surface area contributed by atoms with Crippen LogP contribution in [0, 0.1) is 0 Å². The Kier molecular flexibility index (Phi) is 8.30. The minimum Gasteiger partial charge on any atom is -0.147 e. The van der Waals surface area contributed by atoms with Gasteiger partial charge in [-0.2, -0.15) is 0 Å². The lowest BCUT2D eigenvalue weighted by molar-refractivity contribution is 0.727. The molecule has 1 fully saturated rings. The van der Waals surface area contributed by atoms with Crippen molar-refractivity contribution in [2.45, 2.75) is 31.4 Å². The zero-order chi connectivity index (χ0) is 6.04. The van der Waals surface area contributed by atoms with Gasteiger partial charge in [0.25, 0.3) is 6.69 Å². The maximum absolute atomic E-state index is 5.98. The van der Waals surface area contributed by atoms with Gasteiger partial charge in [0.2, 0.25) is 0 Å². The molecule has 1 aliphatic heterocycles. The summed E-state index contributed by atoms with van der Waals surface area (Å²) in [6.07, 6.45) is 3.87. The predicted octanol–water partition coefficient (Wildman–Crippen LogP) is 3.93. The lowest BCUT2D eigenvalue weighted by Gasteiger charge is -2.20. The van der Waals surface area contributed by atoms with Crippen molar-refractivity contribution < 1.29 is 0 Å². The van der Waals surface area contributed by atoms with Gasteiger partial charge in [-0.25, -0.2) is 0 Å². The van der Waals surface area contributed by atoms with Crippen LogP contribution in [0.4, 0.5) is 0 Å². The summed E-state index contributed by atoms with van der Waals surface area (Å²) in [4.78, 5) is 0. The van der Waals surface area contributed by atoms with E-state index >= 15 is 0 Å². The van der Waals surface area contributed by atoms with Crippen LogP contribution < -0.4 is 0 Å². The van der Waals surface area contributed by atoms with Crippen LogP contribution >= 0.6 is 47.0 Å². The molecule has 0 aromatic rings. The lowest BCUT2D eigenvalue weighted by atomic mass is 10.3. The first-order valence-electron chi connectivity index (χ1n) is 3.09. The Morgan fingerprint density at radius 3 is 1.40 bits per heavy atom. The largest absolute Gasteiger partial charge is 0.251 e. The zero-order valence-corrected chi connectivity index (χ0v) is 9.75. The second-order valence-corrected chi connectivity index (χ2v) is 10.0. The lowest BCUT2D eigenvalue weighted by Crippen LogP contribution is -2.21. The molecule has 5 heteroatoms. The highest BCUT2D eigenvalue weighted by Gasteiger charge is 2.29.